The highest BCUT2D eigenvalue weighted by molar-refractivity contribution is 7.90. The van der Waals surface area contributed by atoms with Gasteiger partial charge in [0.15, 0.2) is 0 Å². The van der Waals surface area contributed by atoms with Crippen molar-refractivity contribution in [2.24, 2.45) is 11.8 Å². The molecule has 2 heterocycles. The zero-order chi connectivity index (χ0) is 27.5. The molecule has 1 aromatic heterocycles. The minimum atomic E-state index is -2.95. The van der Waals surface area contributed by atoms with Crippen LogP contribution in [0.2, 0.25) is 0 Å². The van der Waals surface area contributed by atoms with Crippen molar-refractivity contribution in [2.45, 2.75) is 70.3 Å². The van der Waals surface area contributed by atoms with Gasteiger partial charge in [-0.05, 0) is 76.4 Å². The SMILES string of the molecule is CS(=O)(=O)CCN1CCN(c2nc(N)nc(NC[C@H]3CC[C@H](CNCCCNC4CCCCC4)CC3)n2)CC1. The Balaban J connectivity index is 1.09. The number of hydrogen-bond donors (Lipinski definition) is 4. The average Bonchev–Trinajstić information content (AvgIpc) is 2.93. The molecule has 1 aliphatic heterocycles. The summed E-state index contributed by atoms with van der Waals surface area (Å²) in [5, 5.41) is 10.9. The summed E-state index contributed by atoms with van der Waals surface area (Å²) in [5.41, 5.74) is 6.01. The van der Waals surface area contributed by atoms with Crippen LogP contribution < -0.4 is 26.6 Å². The van der Waals surface area contributed by atoms with E-state index in [0.717, 1.165) is 64.3 Å². The Morgan fingerprint density at radius 3 is 2.26 bits per heavy atom. The Labute approximate surface area is 235 Å². The molecule has 0 radical (unpaired) electrons. The van der Waals surface area contributed by atoms with Crippen molar-refractivity contribution in [2.75, 3.05) is 86.9 Å². The van der Waals surface area contributed by atoms with Gasteiger partial charge in [0.1, 0.15) is 9.84 Å². The number of rotatable bonds is 14. The van der Waals surface area contributed by atoms with Gasteiger partial charge in [0, 0.05) is 51.6 Å². The third-order valence-corrected chi connectivity index (χ3v) is 9.52. The van der Waals surface area contributed by atoms with Crippen LogP contribution in [0.4, 0.5) is 17.8 Å². The molecule has 0 aromatic carbocycles. The molecular weight excluding hydrogens is 514 g/mol. The van der Waals surface area contributed by atoms with Gasteiger partial charge in [0.25, 0.3) is 0 Å². The molecule has 0 amide bonds. The van der Waals surface area contributed by atoms with E-state index in [1.807, 2.05) is 0 Å². The standard InChI is InChI=1S/C27H51N9O2S/c1-39(37,38)19-18-35-14-16-36(17-15-35)27-33-25(28)32-26(34-27)31-21-23-10-8-22(9-11-23)20-29-12-5-13-30-24-6-3-2-4-7-24/h22-24,29-30H,2-21H2,1H3,(H3,28,31,32,33,34)/t22-,23-. The van der Waals surface area contributed by atoms with Crippen molar-refractivity contribution in [3.05, 3.63) is 0 Å². The summed E-state index contributed by atoms with van der Waals surface area (Å²) in [6.07, 6.45) is 14.4. The van der Waals surface area contributed by atoms with Crippen LogP contribution in [0.5, 0.6) is 0 Å². The predicted octanol–water partition coefficient (Wildman–Crippen LogP) is 1.74. The molecule has 12 heteroatoms. The van der Waals surface area contributed by atoms with Crippen molar-refractivity contribution in [3.63, 3.8) is 0 Å². The second-order valence-corrected chi connectivity index (χ2v) is 14.1. The van der Waals surface area contributed by atoms with Crippen molar-refractivity contribution >= 4 is 27.7 Å². The number of nitrogen functional groups attached to an aromatic ring is 1. The van der Waals surface area contributed by atoms with Crippen molar-refractivity contribution in [3.8, 4) is 0 Å². The molecule has 1 aromatic rings. The van der Waals surface area contributed by atoms with Gasteiger partial charge in [-0.1, -0.05) is 19.3 Å². The molecule has 11 nitrogen and oxygen atoms in total. The summed E-state index contributed by atoms with van der Waals surface area (Å²) in [7, 11) is -2.95. The molecule has 3 aliphatic rings. The summed E-state index contributed by atoms with van der Waals surface area (Å²) in [4.78, 5) is 17.6. The Morgan fingerprint density at radius 2 is 1.56 bits per heavy atom. The van der Waals surface area contributed by atoms with Crippen LogP contribution in [-0.2, 0) is 9.84 Å². The summed E-state index contributed by atoms with van der Waals surface area (Å²) in [5.74, 6) is 2.96. The van der Waals surface area contributed by atoms with Crippen LogP contribution in [0.15, 0.2) is 0 Å². The third-order valence-electron chi connectivity index (χ3n) is 8.59. The van der Waals surface area contributed by atoms with E-state index in [0.29, 0.717) is 24.4 Å². The second-order valence-electron chi connectivity index (χ2n) is 11.9. The minimum Gasteiger partial charge on any atom is -0.368 e. The van der Waals surface area contributed by atoms with Crippen LogP contribution in [0, 0.1) is 11.8 Å². The maximum atomic E-state index is 11.5. The van der Waals surface area contributed by atoms with Crippen molar-refractivity contribution in [1.29, 1.82) is 0 Å². The zero-order valence-corrected chi connectivity index (χ0v) is 24.7. The van der Waals surface area contributed by atoms with Crippen LogP contribution in [0.1, 0.15) is 64.2 Å². The number of sulfone groups is 1. The Morgan fingerprint density at radius 1 is 0.872 bits per heavy atom. The molecule has 3 fully saturated rings. The highest BCUT2D eigenvalue weighted by atomic mass is 32.2. The molecule has 0 spiro atoms. The summed E-state index contributed by atoms with van der Waals surface area (Å²) in [6, 6.07) is 0.763. The first-order valence-corrected chi connectivity index (χ1v) is 17.2. The molecule has 2 aliphatic carbocycles. The van der Waals surface area contributed by atoms with Gasteiger partial charge in [-0.15, -0.1) is 0 Å². The van der Waals surface area contributed by atoms with E-state index < -0.39 is 9.84 Å². The number of hydrogen-bond acceptors (Lipinski definition) is 11. The lowest BCUT2D eigenvalue weighted by molar-refractivity contribution is 0.270. The van der Waals surface area contributed by atoms with E-state index >= 15 is 0 Å². The lowest BCUT2D eigenvalue weighted by Crippen LogP contribution is -2.48. The van der Waals surface area contributed by atoms with Crippen LogP contribution in [0.25, 0.3) is 0 Å². The van der Waals surface area contributed by atoms with E-state index in [1.165, 1.54) is 70.5 Å². The molecule has 4 rings (SSSR count). The lowest BCUT2D eigenvalue weighted by Gasteiger charge is -2.34. The smallest absolute Gasteiger partial charge is 0.232 e. The van der Waals surface area contributed by atoms with E-state index in [4.69, 9.17) is 5.73 Å². The van der Waals surface area contributed by atoms with Crippen LogP contribution in [0.3, 0.4) is 0 Å². The van der Waals surface area contributed by atoms with Crippen molar-refractivity contribution < 1.29 is 8.42 Å². The first-order valence-electron chi connectivity index (χ1n) is 15.2. The monoisotopic (exact) mass is 565 g/mol. The van der Waals surface area contributed by atoms with Gasteiger partial charge in [0.05, 0.1) is 5.75 Å². The minimum absolute atomic E-state index is 0.191. The van der Waals surface area contributed by atoms with Gasteiger partial charge in [-0.2, -0.15) is 15.0 Å². The fourth-order valence-electron chi connectivity index (χ4n) is 6.08. The van der Waals surface area contributed by atoms with Crippen LogP contribution in [-0.4, -0.2) is 105 Å². The molecule has 0 atom stereocenters. The molecule has 1 saturated heterocycles. The molecule has 0 bridgehead atoms. The fraction of sp³-hybridized carbons (Fsp3) is 0.889. The Bertz CT molecular complexity index is 958. The normalized spacial score (nSPS) is 23.7. The highest BCUT2D eigenvalue weighted by Gasteiger charge is 2.23. The van der Waals surface area contributed by atoms with Gasteiger partial charge in [0.2, 0.25) is 17.8 Å². The quantitative estimate of drug-likeness (QED) is 0.245. The molecule has 39 heavy (non-hydrogen) atoms. The fourth-order valence-corrected chi connectivity index (χ4v) is 6.67. The molecule has 0 unspecified atom stereocenters. The molecule has 2 saturated carbocycles. The zero-order valence-electron chi connectivity index (χ0n) is 23.9. The van der Waals surface area contributed by atoms with E-state index in [9.17, 15) is 8.42 Å². The topological polar surface area (TPSA) is 141 Å². The number of aromatic nitrogens is 3. The first-order chi connectivity index (χ1) is 18.8. The lowest BCUT2D eigenvalue weighted by atomic mass is 9.82. The number of nitrogens with two attached hydrogens (primary N) is 1. The Kier molecular flexibility index (Phi) is 11.8. The molecule has 5 N–H and O–H groups in total. The summed E-state index contributed by atoms with van der Waals surface area (Å²) in [6.45, 7) is 7.84. The van der Waals surface area contributed by atoms with Gasteiger partial charge >= 0.3 is 0 Å². The molecule has 222 valence electrons. The maximum Gasteiger partial charge on any atom is 0.232 e. The van der Waals surface area contributed by atoms with E-state index in [2.05, 4.69) is 40.7 Å². The van der Waals surface area contributed by atoms with Gasteiger partial charge in [-0.3, -0.25) is 4.90 Å². The van der Waals surface area contributed by atoms with Gasteiger partial charge < -0.3 is 26.6 Å². The van der Waals surface area contributed by atoms with Gasteiger partial charge in [-0.25, -0.2) is 8.42 Å². The number of piperazine rings is 1. The maximum absolute atomic E-state index is 11.5. The van der Waals surface area contributed by atoms with Crippen LogP contribution >= 0.6 is 0 Å². The Hall–Kier alpha value is -1.76. The highest BCUT2D eigenvalue weighted by Crippen LogP contribution is 2.28. The predicted molar refractivity (Wildman–Crippen MR) is 159 cm³/mol. The largest absolute Gasteiger partial charge is 0.368 e. The first kappa shape index (κ1) is 30.2. The summed E-state index contributed by atoms with van der Waals surface area (Å²) < 4.78 is 22.9. The number of nitrogens with zero attached hydrogens (tertiary/aromatic N) is 5. The summed E-state index contributed by atoms with van der Waals surface area (Å²) >= 11 is 0. The van der Waals surface area contributed by atoms with E-state index in [1.54, 1.807) is 0 Å². The average molecular weight is 566 g/mol. The van der Waals surface area contributed by atoms with Crippen molar-refractivity contribution in [1.82, 2.24) is 30.5 Å². The third kappa shape index (κ3) is 11.0. The number of nitrogens with one attached hydrogen (secondary N) is 3. The molecular formula is C27H51N9O2S. The number of anilines is 3. The second kappa shape index (κ2) is 15.3. The van der Waals surface area contributed by atoms with E-state index in [-0.39, 0.29) is 11.7 Å².